The quantitative estimate of drug-likeness (QED) is 0.810. The Morgan fingerprint density at radius 1 is 1.37 bits per heavy atom. The van der Waals surface area contributed by atoms with E-state index in [-0.39, 0.29) is 11.7 Å². The summed E-state index contributed by atoms with van der Waals surface area (Å²) in [6.07, 6.45) is 1.06. The molecule has 0 atom stereocenters. The van der Waals surface area contributed by atoms with E-state index >= 15 is 0 Å². The molecule has 0 aromatic heterocycles. The van der Waals surface area contributed by atoms with E-state index in [1.165, 1.54) is 17.3 Å². The average Bonchev–Trinajstić information content (AvgIpc) is 3.09. The topological polar surface area (TPSA) is 66.4 Å². The van der Waals surface area contributed by atoms with Crippen molar-refractivity contribution in [3.05, 3.63) is 29.3 Å². The molecule has 1 saturated carbocycles. The first kappa shape index (κ1) is 13.9. The van der Waals surface area contributed by atoms with Crippen LogP contribution in [0.3, 0.4) is 0 Å². The van der Waals surface area contributed by atoms with Crippen molar-refractivity contribution >= 4 is 23.6 Å². The van der Waals surface area contributed by atoms with Crippen molar-refractivity contribution in [1.82, 2.24) is 5.32 Å². The first-order chi connectivity index (χ1) is 8.93. The van der Waals surface area contributed by atoms with Gasteiger partial charge in [0.2, 0.25) is 5.91 Å². The van der Waals surface area contributed by atoms with Crippen LogP contribution in [0.2, 0.25) is 0 Å². The van der Waals surface area contributed by atoms with Crippen LogP contribution in [0.5, 0.6) is 0 Å². The Bertz CT molecular complexity index is 523. The Kier molecular flexibility index (Phi) is 3.85. The van der Waals surface area contributed by atoms with Gasteiger partial charge in [-0.25, -0.2) is 4.79 Å². The van der Waals surface area contributed by atoms with E-state index in [4.69, 9.17) is 5.11 Å². The van der Waals surface area contributed by atoms with Gasteiger partial charge in [-0.3, -0.25) is 4.79 Å². The molecule has 1 aliphatic rings. The Hall–Kier alpha value is -1.49. The third-order valence-corrected chi connectivity index (χ3v) is 4.40. The fraction of sp³-hybridized carbons (Fsp3) is 0.429. The number of thioether (sulfide) groups is 1. The molecule has 102 valence electrons. The number of benzene rings is 1. The van der Waals surface area contributed by atoms with Gasteiger partial charge >= 0.3 is 5.97 Å². The molecule has 5 heteroatoms. The lowest BCUT2D eigenvalue weighted by Crippen LogP contribution is -2.43. The molecule has 19 heavy (non-hydrogen) atoms. The molecule has 2 N–H and O–H groups in total. The minimum Gasteiger partial charge on any atom is -0.480 e. The lowest BCUT2D eigenvalue weighted by Gasteiger charge is -2.12. The SMILES string of the molecule is Cc1ccc(SCC(=O)NC2(C(=O)O)CC2)c(C)c1. The van der Waals surface area contributed by atoms with Crippen molar-refractivity contribution in [3.63, 3.8) is 0 Å². The maximum Gasteiger partial charge on any atom is 0.329 e. The van der Waals surface area contributed by atoms with Gasteiger partial charge in [0.1, 0.15) is 5.54 Å². The van der Waals surface area contributed by atoms with Crippen LogP contribution in [0, 0.1) is 13.8 Å². The molecule has 2 rings (SSSR count). The van der Waals surface area contributed by atoms with Gasteiger partial charge in [0.05, 0.1) is 5.75 Å². The van der Waals surface area contributed by atoms with E-state index < -0.39 is 11.5 Å². The first-order valence-corrected chi connectivity index (χ1v) is 7.16. The van der Waals surface area contributed by atoms with E-state index in [1.54, 1.807) is 0 Å². The minimum atomic E-state index is -0.986. The summed E-state index contributed by atoms with van der Waals surface area (Å²) < 4.78 is 0. The zero-order valence-corrected chi connectivity index (χ0v) is 11.8. The van der Waals surface area contributed by atoms with Gasteiger partial charge in [-0.2, -0.15) is 0 Å². The second kappa shape index (κ2) is 5.25. The standard InChI is InChI=1S/C14H17NO3S/c1-9-3-4-11(10(2)7-9)19-8-12(16)15-14(5-6-14)13(17)18/h3-4,7H,5-6,8H2,1-2H3,(H,15,16)(H,17,18). The zero-order chi connectivity index (χ0) is 14.0. The fourth-order valence-corrected chi connectivity index (χ4v) is 2.73. The van der Waals surface area contributed by atoms with Crippen molar-refractivity contribution in [1.29, 1.82) is 0 Å². The summed E-state index contributed by atoms with van der Waals surface area (Å²) in [5, 5.41) is 11.6. The van der Waals surface area contributed by atoms with Gasteiger partial charge in [-0.15, -0.1) is 11.8 Å². The molecular formula is C14H17NO3S. The highest BCUT2D eigenvalue weighted by molar-refractivity contribution is 8.00. The normalized spacial score (nSPS) is 15.9. The van der Waals surface area contributed by atoms with Crippen LogP contribution in [-0.4, -0.2) is 28.3 Å². The van der Waals surface area contributed by atoms with E-state index in [2.05, 4.69) is 11.4 Å². The van der Waals surface area contributed by atoms with Crippen LogP contribution in [0.1, 0.15) is 24.0 Å². The molecule has 0 unspecified atom stereocenters. The molecule has 0 heterocycles. The van der Waals surface area contributed by atoms with Crippen LogP contribution in [0.4, 0.5) is 0 Å². The first-order valence-electron chi connectivity index (χ1n) is 6.17. The molecule has 1 aromatic carbocycles. The number of aliphatic carboxylic acids is 1. The Morgan fingerprint density at radius 2 is 2.05 bits per heavy atom. The van der Waals surface area contributed by atoms with Crippen LogP contribution in [-0.2, 0) is 9.59 Å². The number of carbonyl (C=O) groups excluding carboxylic acids is 1. The van der Waals surface area contributed by atoms with E-state index in [1.807, 2.05) is 26.0 Å². The molecule has 1 fully saturated rings. The van der Waals surface area contributed by atoms with Gasteiger partial charge in [0.25, 0.3) is 0 Å². The van der Waals surface area contributed by atoms with Gasteiger partial charge in [0.15, 0.2) is 0 Å². The summed E-state index contributed by atoms with van der Waals surface area (Å²) in [5.74, 6) is -0.902. The maximum atomic E-state index is 11.8. The van der Waals surface area contributed by atoms with E-state index in [0.717, 1.165) is 10.5 Å². The number of nitrogens with one attached hydrogen (secondary N) is 1. The van der Waals surface area contributed by atoms with Crippen LogP contribution in [0.15, 0.2) is 23.1 Å². The molecule has 0 aliphatic heterocycles. The highest BCUT2D eigenvalue weighted by Crippen LogP contribution is 2.35. The highest BCUT2D eigenvalue weighted by atomic mass is 32.2. The number of amides is 1. The smallest absolute Gasteiger partial charge is 0.329 e. The molecular weight excluding hydrogens is 262 g/mol. The molecule has 4 nitrogen and oxygen atoms in total. The lowest BCUT2D eigenvalue weighted by atomic mass is 10.2. The van der Waals surface area contributed by atoms with Gasteiger partial charge in [0, 0.05) is 4.90 Å². The largest absolute Gasteiger partial charge is 0.480 e. The molecule has 1 amide bonds. The summed E-state index contributed by atoms with van der Waals surface area (Å²) in [7, 11) is 0. The fourth-order valence-electron chi connectivity index (χ4n) is 1.92. The maximum absolute atomic E-state index is 11.8. The van der Waals surface area contributed by atoms with Crippen LogP contribution < -0.4 is 5.32 Å². The summed E-state index contributed by atoms with van der Waals surface area (Å²) in [6, 6.07) is 6.07. The lowest BCUT2D eigenvalue weighted by molar-refractivity contribution is -0.142. The van der Waals surface area contributed by atoms with Crippen molar-refractivity contribution in [3.8, 4) is 0 Å². The Morgan fingerprint density at radius 3 is 2.58 bits per heavy atom. The zero-order valence-electron chi connectivity index (χ0n) is 11.0. The molecule has 0 spiro atoms. The summed E-state index contributed by atoms with van der Waals surface area (Å²) >= 11 is 1.44. The predicted molar refractivity (Wildman–Crippen MR) is 74.4 cm³/mol. The van der Waals surface area contributed by atoms with E-state index in [9.17, 15) is 9.59 Å². The Balaban J connectivity index is 1.89. The highest BCUT2D eigenvalue weighted by Gasteiger charge is 2.51. The summed E-state index contributed by atoms with van der Waals surface area (Å²) in [4.78, 5) is 23.8. The molecule has 0 radical (unpaired) electrons. The number of hydrogen-bond acceptors (Lipinski definition) is 3. The third kappa shape index (κ3) is 3.29. The summed E-state index contributed by atoms with van der Waals surface area (Å²) in [5.41, 5.74) is 1.34. The predicted octanol–water partition coefficient (Wildman–Crippen LogP) is 2.13. The second-order valence-electron chi connectivity index (χ2n) is 4.99. The number of carboxylic acid groups (broad SMARTS) is 1. The van der Waals surface area contributed by atoms with Crippen molar-refractivity contribution in [2.45, 2.75) is 37.1 Å². The Labute approximate surface area is 116 Å². The summed E-state index contributed by atoms with van der Waals surface area (Å²) in [6.45, 7) is 4.03. The van der Waals surface area contributed by atoms with Crippen molar-refractivity contribution in [2.75, 3.05) is 5.75 Å². The van der Waals surface area contributed by atoms with E-state index in [0.29, 0.717) is 12.8 Å². The number of carboxylic acids is 1. The van der Waals surface area contributed by atoms with Gasteiger partial charge < -0.3 is 10.4 Å². The van der Waals surface area contributed by atoms with Crippen LogP contribution >= 0.6 is 11.8 Å². The molecule has 1 aromatic rings. The third-order valence-electron chi connectivity index (χ3n) is 3.23. The second-order valence-corrected chi connectivity index (χ2v) is 6.01. The monoisotopic (exact) mass is 279 g/mol. The van der Waals surface area contributed by atoms with Crippen molar-refractivity contribution in [2.24, 2.45) is 0 Å². The average molecular weight is 279 g/mol. The number of aryl methyl sites for hydroxylation is 2. The minimum absolute atomic E-state index is 0.218. The molecule has 1 aliphatic carbocycles. The number of carbonyl (C=O) groups is 2. The van der Waals surface area contributed by atoms with Crippen LogP contribution in [0.25, 0.3) is 0 Å². The van der Waals surface area contributed by atoms with Crippen molar-refractivity contribution < 1.29 is 14.7 Å². The molecule has 0 saturated heterocycles. The number of hydrogen-bond donors (Lipinski definition) is 2. The van der Waals surface area contributed by atoms with Gasteiger partial charge in [-0.1, -0.05) is 17.7 Å². The number of rotatable bonds is 5. The van der Waals surface area contributed by atoms with Gasteiger partial charge in [-0.05, 0) is 38.3 Å². The molecule has 0 bridgehead atoms.